The molecule has 34 heavy (non-hydrogen) atoms. The maximum Gasteiger partial charge on any atom is 0.410 e. The SMILES string of the molecule is Cc1ccc(S(=O)(=O)Oc2cc(=O)n3cc(C4CCN(C(=O)OC(C)(C)C)CC4)sc3n2)cc1. The van der Waals surface area contributed by atoms with Crippen molar-refractivity contribution in [2.45, 2.75) is 57.0 Å². The molecule has 0 bridgehead atoms. The molecular formula is C23H27N3O6S2. The lowest BCUT2D eigenvalue weighted by molar-refractivity contribution is 0.0205. The average molecular weight is 506 g/mol. The lowest BCUT2D eigenvalue weighted by Gasteiger charge is -2.33. The molecule has 1 aliphatic rings. The van der Waals surface area contributed by atoms with E-state index in [-0.39, 0.29) is 22.8 Å². The Labute approximate surface area is 202 Å². The molecule has 3 aromatic rings. The van der Waals surface area contributed by atoms with Crippen molar-refractivity contribution in [2.75, 3.05) is 13.1 Å². The zero-order valence-electron chi connectivity index (χ0n) is 19.5. The van der Waals surface area contributed by atoms with E-state index in [9.17, 15) is 18.0 Å². The van der Waals surface area contributed by atoms with Crippen LogP contribution in [0.15, 0.2) is 46.2 Å². The van der Waals surface area contributed by atoms with Gasteiger partial charge in [-0.3, -0.25) is 9.20 Å². The van der Waals surface area contributed by atoms with E-state index in [2.05, 4.69) is 4.98 Å². The van der Waals surface area contributed by atoms with Crippen LogP contribution in [0, 0.1) is 6.92 Å². The Bertz CT molecular complexity index is 1360. The predicted octanol–water partition coefficient (Wildman–Crippen LogP) is 3.95. The average Bonchev–Trinajstić information content (AvgIpc) is 3.17. The number of ether oxygens (including phenoxy) is 1. The van der Waals surface area contributed by atoms with Gasteiger partial charge < -0.3 is 13.8 Å². The van der Waals surface area contributed by atoms with Crippen molar-refractivity contribution in [1.82, 2.24) is 14.3 Å². The highest BCUT2D eigenvalue weighted by molar-refractivity contribution is 7.87. The summed E-state index contributed by atoms with van der Waals surface area (Å²) in [5.74, 6) is -0.107. The molecule has 1 fully saturated rings. The van der Waals surface area contributed by atoms with E-state index in [4.69, 9.17) is 8.92 Å². The number of nitrogens with zero attached hydrogens (tertiary/aromatic N) is 3. The van der Waals surface area contributed by atoms with Crippen LogP contribution in [0.2, 0.25) is 0 Å². The molecule has 0 unspecified atom stereocenters. The van der Waals surface area contributed by atoms with Crippen LogP contribution in [-0.2, 0) is 14.9 Å². The first-order chi connectivity index (χ1) is 15.9. The lowest BCUT2D eigenvalue weighted by atomic mass is 9.96. The minimum Gasteiger partial charge on any atom is -0.444 e. The van der Waals surface area contributed by atoms with Gasteiger partial charge in [0.1, 0.15) is 10.5 Å². The number of piperidine rings is 1. The molecule has 1 aromatic carbocycles. The fourth-order valence-electron chi connectivity index (χ4n) is 3.67. The van der Waals surface area contributed by atoms with Crippen LogP contribution in [0.1, 0.15) is 50.0 Å². The Hall–Kier alpha value is -2.92. The molecule has 2 aromatic heterocycles. The van der Waals surface area contributed by atoms with Crippen molar-refractivity contribution in [3.05, 3.63) is 57.3 Å². The third kappa shape index (κ3) is 5.41. The topological polar surface area (TPSA) is 107 Å². The molecule has 3 heterocycles. The zero-order valence-corrected chi connectivity index (χ0v) is 21.1. The monoisotopic (exact) mass is 505 g/mol. The smallest absolute Gasteiger partial charge is 0.410 e. The molecule has 0 spiro atoms. The van der Waals surface area contributed by atoms with Gasteiger partial charge in [-0.1, -0.05) is 17.7 Å². The fourth-order valence-corrected chi connectivity index (χ4v) is 5.69. The van der Waals surface area contributed by atoms with E-state index in [1.165, 1.54) is 27.9 Å². The fraction of sp³-hybridized carbons (Fsp3) is 0.435. The molecule has 11 heteroatoms. The summed E-state index contributed by atoms with van der Waals surface area (Å²) in [7, 11) is -4.11. The number of likely N-dealkylation sites (tertiary alicyclic amines) is 1. The quantitative estimate of drug-likeness (QED) is 0.494. The number of aromatic nitrogens is 2. The maximum absolute atomic E-state index is 12.6. The van der Waals surface area contributed by atoms with Crippen molar-refractivity contribution in [2.24, 2.45) is 0 Å². The molecule has 1 aliphatic heterocycles. The van der Waals surface area contributed by atoms with Crippen LogP contribution in [-0.4, -0.2) is 47.5 Å². The third-order valence-corrected chi connectivity index (χ3v) is 7.80. The first-order valence-corrected chi connectivity index (χ1v) is 13.2. The van der Waals surface area contributed by atoms with Crippen LogP contribution < -0.4 is 9.74 Å². The van der Waals surface area contributed by atoms with Crippen molar-refractivity contribution < 1.29 is 22.1 Å². The van der Waals surface area contributed by atoms with Gasteiger partial charge in [0.05, 0.1) is 6.07 Å². The molecule has 0 aliphatic carbocycles. The van der Waals surface area contributed by atoms with Gasteiger partial charge in [0.15, 0.2) is 4.96 Å². The number of thiazole rings is 1. The second-order valence-corrected chi connectivity index (χ2v) is 11.9. The third-order valence-electron chi connectivity index (χ3n) is 5.42. The standard InChI is InChI=1S/C23H27N3O6S2/c1-15-5-7-17(8-6-15)34(29,30)32-19-13-20(27)26-14-18(33-21(26)24-19)16-9-11-25(12-10-16)22(28)31-23(2,3)4/h5-8,13-14,16H,9-12H2,1-4H3. The van der Waals surface area contributed by atoms with Crippen LogP contribution in [0.5, 0.6) is 5.88 Å². The van der Waals surface area contributed by atoms with Crippen molar-refractivity contribution in [3.8, 4) is 5.88 Å². The zero-order chi connectivity index (χ0) is 24.7. The largest absolute Gasteiger partial charge is 0.444 e. The Morgan fingerprint density at radius 3 is 2.41 bits per heavy atom. The van der Waals surface area contributed by atoms with Gasteiger partial charge in [-0.05, 0) is 58.6 Å². The van der Waals surface area contributed by atoms with Gasteiger partial charge in [0.2, 0.25) is 5.88 Å². The summed E-state index contributed by atoms with van der Waals surface area (Å²) >= 11 is 1.32. The summed E-state index contributed by atoms with van der Waals surface area (Å²) in [6.45, 7) is 8.47. The van der Waals surface area contributed by atoms with E-state index in [1.807, 2.05) is 27.7 Å². The Kier molecular flexibility index (Phi) is 6.43. The summed E-state index contributed by atoms with van der Waals surface area (Å²) in [6.07, 6.45) is 2.87. The van der Waals surface area contributed by atoms with E-state index in [0.717, 1.165) is 29.3 Å². The molecule has 0 atom stereocenters. The Morgan fingerprint density at radius 1 is 1.15 bits per heavy atom. The predicted molar refractivity (Wildman–Crippen MR) is 128 cm³/mol. The van der Waals surface area contributed by atoms with E-state index >= 15 is 0 Å². The van der Waals surface area contributed by atoms with Gasteiger partial charge in [0, 0.05) is 24.2 Å². The number of fused-ring (bicyclic) bond motifs is 1. The van der Waals surface area contributed by atoms with Gasteiger partial charge in [-0.2, -0.15) is 13.4 Å². The van der Waals surface area contributed by atoms with Crippen LogP contribution in [0.4, 0.5) is 4.79 Å². The maximum atomic E-state index is 12.6. The summed E-state index contributed by atoms with van der Waals surface area (Å²) in [5, 5.41) is 0. The summed E-state index contributed by atoms with van der Waals surface area (Å²) in [4.78, 5) is 32.2. The van der Waals surface area contributed by atoms with Crippen molar-refractivity contribution in [1.29, 1.82) is 0 Å². The molecule has 182 valence electrons. The van der Waals surface area contributed by atoms with Gasteiger partial charge >= 0.3 is 16.2 Å². The molecule has 9 nitrogen and oxygen atoms in total. The second-order valence-electron chi connectivity index (χ2n) is 9.31. The summed E-state index contributed by atoms with van der Waals surface area (Å²) in [5.41, 5.74) is -0.0496. The van der Waals surface area contributed by atoms with Crippen LogP contribution >= 0.6 is 11.3 Å². The Morgan fingerprint density at radius 2 is 1.79 bits per heavy atom. The van der Waals surface area contributed by atoms with Crippen LogP contribution in [0.3, 0.4) is 0 Å². The number of benzene rings is 1. The molecule has 0 radical (unpaired) electrons. The van der Waals surface area contributed by atoms with Crippen molar-refractivity contribution >= 4 is 32.5 Å². The highest BCUT2D eigenvalue weighted by atomic mass is 32.2. The summed E-state index contributed by atoms with van der Waals surface area (Å²) in [6, 6.07) is 7.30. The molecule has 4 rings (SSSR count). The molecule has 1 saturated heterocycles. The lowest BCUT2D eigenvalue weighted by Crippen LogP contribution is -2.41. The second kappa shape index (κ2) is 9.03. The number of hydrogen-bond donors (Lipinski definition) is 0. The first-order valence-electron chi connectivity index (χ1n) is 10.9. The van der Waals surface area contributed by atoms with E-state index in [0.29, 0.717) is 18.1 Å². The molecule has 0 saturated carbocycles. The normalized spacial score (nSPS) is 15.5. The van der Waals surface area contributed by atoms with E-state index < -0.39 is 21.3 Å². The van der Waals surface area contributed by atoms with Gasteiger partial charge in [-0.25, -0.2) is 4.79 Å². The van der Waals surface area contributed by atoms with Crippen molar-refractivity contribution in [3.63, 3.8) is 0 Å². The van der Waals surface area contributed by atoms with Gasteiger partial charge in [0.25, 0.3) is 5.56 Å². The molecule has 0 N–H and O–H groups in total. The van der Waals surface area contributed by atoms with E-state index in [1.54, 1.807) is 23.2 Å². The highest BCUT2D eigenvalue weighted by Gasteiger charge is 2.29. The Balaban J connectivity index is 1.50. The number of amides is 1. The molecule has 1 amide bonds. The highest BCUT2D eigenvalue weighted by Crippen LogP contribution is 2.33. The first kappa shape index (κ1) is 24.2. The molecular weight excluding hydrogens is 478 g/mol. The van der Waals surface area contributed by atoms with Crippen LogP contribution in [0.25, 0.3) is 4.96 Å². The minimum atomic E-state index is -4.11. The van der Waals surface area contributed by atoms with Gasteiger partial charge in [-0.15, -0.1) is 11.3 Å². The minimum absolute atomic E-state index is 0.0104. The number of rotatable bonds is 4. The number of hydrogen-bond acceptors (Lipinski definition) is 8. The number of aryl methyl sites for hydroxylation is 1. The number of carbonyl (C=O) groups excluding carboxylic acids is 1. The number of carbonyl (C=O) groups is 1. The summed E-state index contributed by atoms with van der Waals surface area (Å²) < 4.78 is 37.1.